The molecule has 0 radical (unpaired) electrons. The molecule has 0 saturated carbocycles. The van der Waals surface area contributed by atoms with Gasteiger partial charge in [0.15, 0.2) is 0 Å². The van der Waals surface area contributed by atoms with Crippen LogP contribution < -0.4 is 5.32 Å². The molecule has 1 unspecified atom stereocenters. The van der Waals surface area contributed by atoms with E-state index in [1.165, 1.54) is 11.3 Å². The molecule has 0 fully saturated rings. The monoisotopic (exact) mass is 324 g/mol. The SMILES string of the molecule is Cc1cc(C(=O)NC(C)c2ccccn2)sc1Br. The molecule has 0 aliphatic carbocycles. The number of thiophene rings is 1. The zero-order valence-corrected chi connectivity index (χ0v) is 12.5. The number of nitrogens with one attached hydrogen (secondary N) is 1. The van der Waals surface area contributed by atoms with Crippen molar-refractivity contribution in [2.24, 2.45) is 0 Å². The van der Waals surface area contributed by atoms with Crippen LogP contribution in [0.5, 0.6) is 0 Å². The van der Waals surface area contributed by atoms with Crippen LogP contribution in [0.15, 0.2) is 34.2 Å². The Morgan fingerprint density at radius 1 is 1.50 bits per heavy atom. The summed E-state index contributed by atoms with van der Waals surface area (Å²) in [5.41, 5.74) is 1.94. The van der Waals surface area contributed by atoms with Crippen molar-refractivity contribution >= 4 is 33.2 Å². The predicted octanol–water partition coefficient (Wildman–Crippen LogP) is 3.71. The van der Waals surface area contributed by atoms with Gasteiger partial charge in [-0.1, -0.05) is 6.07 Å². The second-order valence-corrected chi connectivity index (χ2v) is 6.39. The molecule has 0 bridgehead atoms. The summed E-state index contributed by atoms with van der Waals surface area (Å²) in [6.07, 6.45) is 1.73. The molecule has 0 spiro atoms. The summed E-state index contributed by atoms with van der Waals surface area (Å²) < 4.78 is 0.998. The average molecular weight is 325 g/mol. The number of carbonyl (C=O) groups excluding carboxylic acids is 1. The first kappa shape index (κ1) is 13.2. The molecule has 2 aromatic rings. The lowest BCUT2D eigenvalue weighted by Gasteiger charge is -2.12. The molecule has 0 saturated heterocycles. The van der Waals surface area contributed by atoms with Crippen LogP contribution >= 0.6 is 27.3 Å². The molecular formula is C13H13BrN2OS. The van der Waals surface area contributed by atoms with Crippen LogP contribution in [-0.2, 0) is 0 Å². The van der Waals surface area contributed by atoms with Crippen molar-refractivity contribution in [3.05, 3.63) is 50.4 Å². The molecule has 2 aromatic heterocycles. The first-order chi connectivity index (χ1) is 8.58. The number of halogens is 1. The van der Waals surface area contributed by atoms with E-state index in [-0.39, 0.29) is 11.9 Å². The van der Waals surface area contributed by atoms with Crippen LogP contribution in [-0.4, -0.2) is 10.9 Å². The normalized spacial score (nSPS) is 12.2. The molecule has 0 aromatic carbocycles. The van der Waals surface area contributed by atoms with E-state index >= 15 is 0 Å². The second-order valence-electron chi connectivity index (χ2n) is 4.02. The molecule has 94 valence electrons. The van der Waals surface area contributed by atoms with Gasteiger partial charge in [0, 0.05) is 6.20 Å². The molecule has 1 atom stereocenters. The van der Waals surface area contributed by atoms with Gasteiger partial charge in [-0.3, -0.25) is 9.78 Å². The number of amides is 1. The van der Waals surface area contributed by atoms with Crippen LogP contribution in [0.25, 0.3) is 0 Å². The third-order valence-corrected chi connectivity index (χ3v) is 4.70. The summed E-state index contributed by atoms with van der Waals surface area (Å²) in [5, 5.41) is 2.94. The van der Waals surface area contributed by atoms with E-state index in [0.717, 1.165) is 15.0 Å². The van der Waals surface area contributed by atoms with Crippen molar-refractivity contribution in [2.45, 2.75) is 19.9 Å². The minimum Gasteiger partial charge on any atom is -0.343 e. The van der Waals surface area contributed by atoms with E-state index in [2.05, 4.69) is 26.2 Å². The summed E-state index contributed by atoms with van der Waals surface area (Å²) in [5.74, 6) is -0.0630. The largest absolute Gasteiger partial charge is 0.343 e. The number of hydrogen-bond donors (Lipinski definition) is 1. The van der Waals surface area contributed by atoms with Gasteiger partial charge in [0.2, 0.25) is 0 Å². The summed E-state index contributed by atoms with van der Waals surface area (Å²) >= 11 is 4.87. The third-order valence-electron chi connectivity index (χ3n) is 2.56. The van der Waals surface area contributed by atoms with Gasteiger partial charge < -0.3 is 5.32 Å². The van der Waals surface area contributed by atoms with E-state index < -0.39 is 0 Å². The van der Waals surface area contributed by atoms with Gasteiger partial charge in [0.1, 0.15) is 0 Å². The van der Waals surface area contributed by atoms with Crippen molar-refractivity contribution < 1.29 is 4.79 Å². The summed E-state index contributed by atoms with van der Waals surface area (Å²) in [4.78, 5) is 17.0. The summed E-state index contributed by atoms with van der Waals surface area (Å²) in [6.45, 7) is 3.90. The highest BCUT2D eigenvalue weighted by Crippen LogP contribution is 2.27. The van der Waals surface area contributed by atoms with Crippen LogP contribution in [0, 0.1) is 6.92 Å². The lowest BCUT2D eigenvalue weighted by atomic mass is 10.2. The van der Waals surface area contributed by atoms with Gasteiger partial charge in [0.25, 0.3) is 5.91 Å². The summed E-state index contributed by atoms with van der Waals surface area (Å²) in [6, 6.07) is 7.46. The number of carbonyl (C=O) groups is 1. The summed E-state index contributed by atoms with van der Waals surface area (Å²) in [7, 11) is 0. The minimum absolute atomic E-state index is 0.0630. The molecule has 18 heavy (non-hydrogen) atoms. The van der Waals surface area contributed by atoms with E-state index in [4.69, 9.17) is 0 Å². The number of pyridine rings is 1. The van der Waals surface area contributed by atoms with Crippen molar-refractivity contribution in [3.63, 3.8) is 0 Å². The van der Waals surface area contributed by atoms with Gasteiger partial charge in [-0.05, 0) is 53.5 Å². The van der Waals surface area contributed by atoms with Crippen molar-refractivity contribution in [3.8, 4) is 0 Å². The van der Waals surface area contributed by atoms with Gasteiger partial charge in [0.05, 0.1) is 20.4 Å². The van der Waals surface area contributed by atoms with E-state index in [1.54, 1.807) is 6.20 Å². The zero-order valence-electron chi connectivity index (χ0n) is 10.1. The highest BCUT2D eigenvalue weighted by atomic mass is 79.9. The maximum atomic E-state index is 12.0. The highest BCUT2D eigenvalue weighted by molar-refractivity contribution is 9.11. The Kier molecular flexibility index (Phi) is 4.14. The van der Waals surface area contributed by atoms with Crippen molar-refractivity contribution in [2.75, 3.05) is 0 Å². The molecule has 2 rings (SSSR count). The van der Waals surface area contributed by atoms with Gasteiger partial charge >= 0.3 is 0 Å². The first-order valence-electron chi connectivity index (χ1n) is 5.55. The van der Waals surface area contributed by atoms with Crippen molar-refractivity contribution in [1.82, 2.24) is 10.3 Å². The Morgan fingerprint density at radius 2 is 2.28 bits per heavy atom. The minimum atomic E-state index is -0.0973. The molecular weight excluding hydrogens is 312 g/mol. The van der Waals surface area contributed by atoms with Gasteiger partial charge in [-0.2, -0.15) is 0 Å². The van der Waals surface area contributed by atoms with Crippen LogP contribution in [0.3, 0.4) is 0 Å². The highest BCUT2D eigenvalue weighted by Gasteiger charge is 2.15. The van der Waals surface area contributed by atoms with Crippen LogP contribution in [0.4, 0.5) is 0 Å². The number of aromatic nitrogens is 1. The molecule has 1 amide bonds. The number of hydrogen-bond acceptors (Lipinski definition) is 3. The standard InChI is InChI=1S/C13H13BrN2OS/c1-8-7-11(18-12(8)14)13(17)16-9(2)10-5-3-4-6-15-10/h3-7,9H,1-2H3,(H,16,17). The van der Waals surface area contributed by atoms with E-state index in [9.17, 15) is 4.79 Å². The Labute approximate surface area is 118 Å². The molecule has 0 aliphatic rings. The Bertz CT molecular complexity index is 534. The van der Waals surface area contributed by atoms with Gasteiger partial charge in [-0.15, -0.1) is 11.3 Å². The molecule has 0 aliphatic heterocycles. The Balaban J connectivity index is 2.08. The maximum Gasteiger partial charge on any atom is 0.261 e. The van der Waals surface area contributed by atoms with E-state index in [1.807, 2.05) is 38.1 Å². The zero-order chi connectivity index (χ0) is 13.1. The smallest absolute Gasteiger partial charge is 0.261 e. The molecule has 1 N–H and O–H groups in total. The molecule has 5 heteroatoms. The average Bonchev–Trinajstić information content (AvgIpc) is 2.71. The predicted molar refractivity (Wildman–Crippen MR) is 76.9 cm³/mol. The number of aryl methyl sites for hydroxylation is 1. The molecule has 3 nitrogen and oxygen atoms in total. The fourth-order valence-electron chi connectivity index (χ4n) is 1.55. The number of nitrogens with zero attached hydrogens (tertiary/aromatic N) is 1. The van der Waals surface area contributed by atoms with Gasteiger partial charge in [-0.25, -0.2) is 0 Å². The maximum absolute atomic E-state index is 12.0. The fourth-order valence-corrected chi connectivity index (χ4v) is 2.98. The first-order valence-corrected chi connectivity index (χ1v) is 7.16. The van der Waals surface area contributed by atoms with Crippen LogP contribution in [0.2, 0.25) is 0 Å². The van der Waals surface area contributed by atoms with E-state index in [0.29, 0.717) is 4.88 Å². The van der Waals surface area contributed by atoms with Crippen molar-refractivity contribution in [1.29, 1.82) is 0 Å². The second kappa shape index (κ2) is 5.63. The van der Waals surface area contributed by atoms with Crippen LogP contribution in [0.1, 0.15) is 33.9 Å². The number of rotatable bonds is 3. The quantitative estimate of drug-likeness (QED) is 0.935. The fraction of sp³-hybridized carbons (Fsp3) is 0.231. The Morgan fingerprint density at radius 3 is 2.83 bits per heavy atom. The topological polar surface area (TPSA) is 42.0 Å². The lowest BCUT2D eigenvalue weighted by Crippen LogP contribution is -2.26. The lowest BCUT2D eigenvalue weighted by molar-refractivity contribution is 0.0943. The Hall–Kier alpha value is -1.20. The third kappa shape index (κ3) is 2.97. The molecule has 2 heterocycles.